The monoisotopic (exact) mass is 411 g/mol. The minimum absolute atomic E-state index is 0.0409. The molecule has 1 saturated heterocycles. The molecule has 1 unspecified atom stereocenters. The van der Waals surface area contributed by atoms with E-state index in [1.54, 1.807) is 7.05 Å². The smallest absolute Gasteiger partial charge is 0.213 e. The van der Waals surface area contributed by atoms with Crippen LogP contribution in [0, 0.1) is 0 Å². The van der Waals surface area contributed by atoms with Crippen molar-refractivity contribution in [2.24, 2.45) is 4.99 Å². The number of aromatic nitrogens is 1. The molecule has 6 heteroatoms. The number of benzene rings is 1. The van der Waals surface area contributed by atoms with Gasteiger partial charge in [0.15, 0.2) is 5.96 Å². The van der Waals surface area contributed by atoms with Crippen molar-refractivity contribution in [2.45, 2.75) is 78.0 Å². The van der Waals surface area contributed by atoms with E-state index >= 15 is 0 Å². The highest BCUT2D eigenvalue weighted by Gasteiger charge is 2.20. The van der Waals surface area contributed by atoms with Crippen LogP contribution >= 0.6 is 0 Å². The third-order valence-electron chi connectivity index (χ3n) is 5.80. The van der Waals surface area contributed by atoms with Gasteiger partial charge in [-0.3, -0.25) is 9.89 Å². The van der Waals surface area contributed by atoms with Gasteiger partial charge in [0, 0.05) is 31.6 Å². The lowest BCUT2D eigenvalue weighted by atomic mass is 9.94. The van der Waals surface area contributed by atoms with Gasteiger partial charge in [-0.25, -0.2) is 4.98 Å². The quantitative estimate of drug-likeness (QED) is 0.551. The van der Waals surface area contributed by atoms with Crippen molar-refractivity contribution in [1.29, 1.82) is 0 Å². The molecule has 2 N–H and O–H groups in total. The number of hydrogen-bond acceptors (Lipinski definition) is 4. The van der Waals surface area contributed by atoms with Gasteiger partial charge >= 0.3 is 0 Å². The van der Waals surface area contributed by atoms with Gasteiger partial charge in [0.25, 0.3) is 0 Å². The van der Waals surface area contributed by atoms with Crippen LogP contribution in [0.4, 0.5) is 0 Å². The van der Waals surface area contributed by atoms with Gasteiger partial charge < -0.3 is 15.1 Å². The first-order chi connectivity index (χ1) is 14.4. The van der Waals surface area contributed by atoms with E-state index in [1.807, 2.05) is 6.20 Å². The highest BCUT2D eigenvalue weighted by Crippen LogP contribution is 2.23. The number of oxazole rings is 1. The van der Waals surface area contributed by atoms with Gasteiger partial charge in [-0.1, -0.05) is 51.5 Å². The van der Waals surface area contributed by atoms with Crippen LogP contribution in [-0.2, 0) is 25.0 Å². The van der Waals surface area contributed by atoms with Crippen LogP contribution in [0.1, 0.15) is 69.7 Å². The molecule has 30 heavy (non-hydrogen) atoms. The second-order valence-electron chi connectivity index (χ2n) is 9.23. The van der Waals surface area contributed by atoms with E-state index in [0.29, 0.717) is 18.5 Å². The summed E-state index contributed by atoms with van der Waals surface area (Å²) < 4.78 is 5.86. The molecule has 1 atom stereocenters. The van der Waals surface area contributed by atoms with Crippen molar-refractivity contribution >= 4 is 5.96 Å². The molecule has 0 spiro atoms. The molecule has 1 fully saturated rings. The first kappa shape index (κ1) is 22.3. The summed E-state index contributed by atoms with van der Waals surface area (Å²) in [6, 6.07) is 9.35. The molecular weight excluding hydrogens is 374 g/mol. The first-order valence-electron chi connectivity index (χ1n) is 11.1. The van der Waals surface area contributed by atoms with Crippen molar-refractivity contribution in [2.75, 3.05) is 13.6 Å². The Balaban J connectivity index is 1.55. The molecule has 1 aromatic carbocycles. The number of piperidine rings is 1. The summed E-state index contributed by atoms with van der Waals surface area (Å²) in [6.45, 7) is 12.1. The topological polar surface area (TPSA) is 65.7 Å². The van der Waals surface area contributed by atoms with E-state index in [0.717, 1.165) is 24.8 Å². The molecular formula is C24H37N5O. The lowest BCUT2D eigenvalue weighted by Crippen LogP contribution is -2.38. The summed E-state index contributed by atoms with van der Waals surface area (Å²) >= 11 is 0. The molecule has 1 aliphatic heterocycles. The Bertz CT molecular complexity index is 836. The van der Waals surface area contributed by atoms with Gasteiger partial charge in [-0.05, 0) is 37.4 Å². The molecule has 0 radical (unpaired) electrons. The second kappa shape index (κ2) is 10.1. The Morgan fingerprint density at radius 2 is 1.90 bits per heavy atom. The fraction of sp³-hybridized carbons (Fsp3) is 0.583. The van der Waals surface area contributed by atoms with Crippen LogP contribution in [0.15, 0.2) is 39.9 Å². The molecule has 0 bridgehead atoms. The normalized spacial score (nSPS) is 18.4. The summed E-state index contributed by atoms with van der Waals surface area (Å²) in [7, 11) is 1.78. The lowest BCUT2D eigenvalue weighted by molar-refractivity contribution is 0.152. The molecule has 164 valence electrons. The molecule has 3 rings (SSSR count). The van der Waals surface area contributed by atoms with E-state index in [-0.39, 0.29) is 5.41 Å². The number of hydrogen-bond donors (Lipinski definition) is 2. The SMILES string of the molecule is CN=C(NCc1ncc(C(C)(C)C)o1)NCc1ccccc1CN1CCCCC1C. The van der Waals surface area contributed by atoms with Gasteiger partial charge in [-0.15, -0.1) is 0 Å². The molecule has 0 aliphatic carbocycles. The Kier molecular flexibility index (Phi) is 7.53. The number of nitrogens with zero attached hydrogens (tertiary/aromatic N) is 3. The third-order valence-corrected chi connectivity index (χ3v) is 5.80. The van der Waals surface area contributed by atoms with Crippen LogP contribution in [-0.4, -0.2) is 35.5 Å². The summed E-state index contributed by atoms with van der Waals surface area (Å²) in [6.07, 6.45) is 5.77. The molecule has 2 aromatic rings. The van der Waals surface area contributed by atoms with E-state index in [1.165, 1.54) is 36.9 Å². The van der Waals surface area contributed by atoms with Crippen LogP contribution < -0.4 is 10.6 Å². The zero-order chi connectivity index (χ0) is 21.6. The van der Waals surface area contributed by atoms with E-state index < -0.39 is 0 Å². The lowest BCUT2D eigenvalue weighted by Gasteiger charge is -2.33. The van der Waals surface area contributed by atoms with Gasteiger partial charge in [-0.2, -0.15) is 0 Å². The van der Waals surface area contributed by atoms with Gasteiger partial charge in [0.1, 0.15) is 5.76 Å². The summed E-state index contributed by atoms with van der Waals surface area (Å²) in [4.78, 5) is 11.3. The van der Waals surface area contributed by atoms with Crippen molar-refractivity contribution in [3.05, 3.63) is 53.2 Å². The second-order valence-corrected chi connectivity index (χ2v) is 9.23. The molecule has 2 heterocycles. The highest BCUT2D eigenvalue weighted by atomic mass is 16.4. The van der Waals surface area contributed by atoms with Crippen LogP contribution in [0.5, 0.6) is 0 Å². The van der Waals surface area contributed by atoms with Gasteiger partial charge in [0.2, 0.25) is 5.89 Å². The number of aliphatic imine (C=N–C) groups is 1. The standard InChI is InChI=1S/C24H37N5O/c1-18-10-8-9-13-29(18)17-20-12-7-6-11-19(20)14-27-23(25-5)28-16-22-26-15-21(30-22)24(2,3)4/h6-7,11-12,15,18H,8-10,13-14,16-17H2,1-5H3,(H2,25,27,28). The van der Waals surface area contributed by atoms with Crippen molar-refractivity contribution in [3.63, 3.8) is 0 Å². The van der Waals surface area contributed by atoms with Crippen LogP contribution in [0.2, 0.25) is 0 Å². The van der Waals surface area contributed by atoms with Crippen LogP contribution in [0.3, 0.4) is 0 Å². The van der Waals surface area contributed by atoms with Gasteiger partial charge in [0.05, 0.1) is 12.7 Å². The van der Waals surface area contributed by atoms with E-state index in [2.05, 4.69) is 77.5 Å². The summed E-state index contributed by atoms with van der Waals surface area (Å²) in [5.41, 5.74) is 2.65. The predicted molar refractivity (Wildman–Crippen MR) is 122 cm³/mol. The van der Waals surface area contributed by atoms with E-state index in [4.69, 9.17) is 4.42 Å². The highest BCUT2D eigenvalue weighted by molar-refractivity contribution is 5.79. The number of likely N-dealkylation sites (tertiary alicyclic amines) is 1. The molecule has 1 aliphatic rings. The Hall–Kier alpha value is -2.34. The fourth-order valence-corrected chi connectivity index (χ4v) is 3.79. The number of nitrogens with one attached hydrogen (secondary N) is 2. The zero-order valence-electron chi connectivity index (χ0n) is 19.2. The number of guanidine groups is 1. The van der Waals surface area contributed by atoms with Crippen molar-refractivity contribution < 1.29 is 4.42 Å². The average molecular weight is 412 g/mol. The Morgan fingerprint density at radius 1 is 1.17 bits per heavy atom. The van der Waals surface area contributed by atoms with Crippen molar-refractivity contribution in [3.8, 4) is 0 Å². The molecule has 6 nitrogen and oxygen atoms in total. The zero-order valence-corrected chi connectivity index (χ0v) is 19.2. The Labute approximate surface area is 181 Å². The number of rotatable bonds is 6. The minimum Gasteiger partial charge on any atom is -0.443 e. The molecule has 1 aromatic heterocycles. The maximum atomic E-state index is 5.86. The minimum atomic E-state index is -0.0409. The summed E-state index contributed by atoms with van der Waals surface area (Å²) in [5.74, 6) is 2.30. The Morgan fingerprint density at radius 3 is 2.57 bits per heavy atom. The van der Waals surface area contributed by atoms with Crippen LogP contribution in [0.25, 0.3) is 0 Å². The summed E-state index contributed by atoms with van der Waals surface area (Å²) in [5, 5.41) is 6.73. The molecule has 0 amide bonds. The maximum absolute atomic E-state index is 5.86. The fourth-order valence-electron chi connectivity index (χ4n) is 3.79. The van der Waals surface area contributed by atoms with Crippen molar-refractivity contribution in [1.82, 2.24) is 20.5 Å². The maximum Gasteiger partial charge on any atom is 0.213 e. The van der Waals surface area contributed by atoms with E-state index in [9.17, 15) is 0 Å². The largest absolute Gasteiger partial charge is 0.443 e. The molecule has 0 saturated carbocycles. The average Bonchev–Trinajstić information content (AvgIpc) is 3.20. The first-order valence-corrected chi connectivity index (χ1v) is 11.1. The predicted octanol–water partition coefficient (Wildman–Crippen LogP) is 4.21. The third kappa shape index (κ3) is 6.08.